The number of rotatable bonds is 5. The molecule has 45 heavy (non-hydrogen) atoms. The summed E-state index contributed by atoms with van der Waals surface area (Å²) in [4.78, 5) is 43.6. The molecule has 1 aromatic carbocycles. The molecule has 4 aliphatic rings. The Morgan fingerprint density at radius 2 is 1.93 bits per heavy atom. The highest BCUT2D eigenvalue weighted by molar-refractivity contribution is 7.13. The number of benzene rings is 1. The lowest BCUT2D eigenvalue weighted by atomic mass is 9.94. The number of ether oxygens (including phenoxy) is 3. The van der Waals surface area contributed by atoms with Gasteiger partial charge in [0.15, 0.2) is 11.4 Å². The van der Waals surface area contributed by atoms with Gasteiger partial charge in [-0.3, -0.25) is 4.79 Å². The van der Waals surface area contributed by atoms with Crippen molar-refractivity contribution in [3.05, 3.63) is 47.0 Å². The van der Waals surface area contributed by atoms with E-state index in [1.807, 2.05) is 37.1 Å². The lowest BCUT2D eigenvalue weighted by Crippen LogP contribution is -2.37. The van der Waals surface area contributed by atoms with Crippen LogP contribution in [0.25, 0.3) is 21.6 Å². The van der Waals surface area contributed by atoms with Crippen LogP contribution in [-0.4, -0.2) is 65.0 Å². The van der Waals surface area contributed by atoms with Crippen molar-refractivity contribution in [3.8, 4) is 22.2 Å². The molecule has 236 valence electrons. The van der Waals surface area contributed by atoms with Gasteiger partial charge in [0, 0.05) is 41.9 Å². The first-order valence-corrected chi connectivity index (χ1v) is 16.9. The summed E-state index contributed by atoms with van der Waals surface area (Å²) in [6.07, 6.45) is 8.53. The minimum Gasteiger partial charge on any atom is -0.496 e. The van der Waals surface area contributed by atoms with Gasteiger partial charge in [-0.15, -0.1) is 11.3 Å². The molecule has 10 heteroatoms. The number of hydrogen-bond acceptors (Lipinski definition) is 9. The molecule has 3 aromatic rings. The minimum absolute atomic E-state index is 0.0515. The first-order chi connectivity index (χ1) is 21.7. The standard InChI is InChI=1S/C35H40N4O5S/c1-19(2)27-18-45-32(37-27)26-16-29(23-11-12-28(42-5)20(3)30(23)36-26)43-22-14-24-25(15-22)33(40)39(4)13-9-7-6-8-10-21-17-35(21)34(41)44-31(24)38-35/h8,10-12,16,18-19,21-22,24-25H,6-7,9,13-15,17H2,1-5H3/b10-8-/t21-,22-,24-,25-,35-/m1/s1. The van der Waals surface area contributed by atoms with Gasteiger partial charge in [-0.05, 0) is 63.5 Å². The third-order valence-corrected chi connectivity index (χ3v) is 10.7. The summed E-state index contributed by atoms with van der Waals surface area (Å²) in [5, 5.41) is 3.78. The highest BCUT2D eigenvalue weighted by Gasteiger charge is 2.65. The van der Waals surface area contributed by atoms with Gasteiger partial charge in [-0.1, -0.05) is 26.0 Å². The number of hydrogen-bond donors (Lipinski definition) is 0. The highest BCUT2D eigenvalue weighted by atomic mass is 32.1. The number of allylic oxidation sites excluding steroid dienone is 1. The van der Waals surface area contributed by atoms with Gasteiger partial charge in [0.2, 0.25) is 5.91 Å². The Bertz CT molecular complexity index is 1730. The van der Waals surface area contributed by atoms with Crippen LogP contribution in [0.2, 0.25) is 0 Å². The van der Waals surface area contributed by atoms with Crippen molar-refractivity contribution in [1.82, 2.24) is 14.9 Å². The second-order valence-electron chi connectivity index (χ2n) is 13.2. The largest absolute Gasteiger partial charge is 0.496 e. The predicted octanol–water partition coefficient (Wildman–Crippen LogP) is 6.48. The lowest BCUT2D eigenvalue weighted by Gasteiger charge is -2.24. The summed E-state index contributed by atoms with van der Waals surface area (Å²) in [6.45, 7) is 6.94. The van der Waals surface area contributed by atoms with Crippen LogP contribution in [0.15, 0.2) is 40.7 Å². The molecule has 0 saturated heterocycles. The summed E-state index contributed by atoms with van der Waals surface area (Å²) < 4.78 is 18.3. The van der Waals surface area contributed by atoms with E-state index < -0.39 is 5.54 Å². The molecule has 2 aliphatic heterocycles. The number of carbonyl (C=O) groups is 2. The van der Waals surface area contributed by atoms with E-state index in [1.54, 1.807) is 18.4 Å². The van der Waals surface area contributed by atoms with Crippen LogP contribution in [-0.2, 0) is 14.3 Å². The molecule has 2 saturated carbocycles. The van der Waals surface area contributed by atoms with Crippen molar-refractivity contribution < 1.29 is 23.8 Å². The maximum Gasteiger partial charge on any atom is 0.341 e. The molecule has 2 fully saturated rings. The fourth-order valence-electron chi connectivity index (χ4n) is 7.03. The predicted molar refractivity (Wildman–Crippen MR) is 174 cm³/mol. The number of methoxy groups -OCH3 is 1. The van der Waals surface area contributed by atoms with Gasteiger partial charge in [0.1, 0.15) is 28.3 Å². The van der Waals surface area contributed by atoms with Crippen LogP contribution in [0.1, 0.15) is 69.5 Å². The molecule has 9 nitrogen and oxygen atoms in total. The maximum atomic E-state index is 13.9. The van der Waals surface area contributed by atoms with Crippen molar-refractivity contribution in [2.45, 2.75) is 76.9 Å². The molecular formula is C35H40N4O5S. The van der Waals surface area contributed by atoms with Crippen LogP contribution in [0.3, 0.4) is 0 Å². The highest BCUT2D eigenvalue weighted by Crippen LogP contribution is 2.53. The van der Waals surface area contributed by atoms with Gasteiger partial charge in [0.25, 0.3) is 0 Å². The summed E-state index contributed by atoms with van der Waals surface area (Å²) in [6, 6.07) is 5.88. The first kappa shape index (κ1) is 29.9. The molecule has 2 aromatic heterocycles. The average molecular weight is 629 g/mol. The number of thiazole rings is 1. The number of pyridine rings is 1. The molecule has 2 bridgehead atoms. The Balaban J connectivity index is 1.25. The molecule has 1 spiro atoms. The zero-order valence-electron chi connectivity index (χ0n) is 26.5. The normalized spacial score (nSPS) is 28.8. The van der Waals surface area contributed by atoms with Crippen LogP contribution in [0, 0.1) is 24.7 Å². The second-order valence-corrected chi connectivity index (χ2v) is 14.1. The van der Waals surface area contributed by atoms with Crippen LogP contribution >= 0.6 is 11.3 Å². The minimum atomic E-state index is -0.816. The fraction of sp³-hybridized carbons (Fsp3) is 0.514. The van der Waals surface area contributed by atoms with Gasteiger partial charge in [-0.25, -0.2) is 19.8 Å². The van der Waals surface area contributed by atoms with Gasteiger partial charge < -0.3 is 19.1 Å². The van der Waals surface area contributed by atoms with E-state index in [0.29, 0.717) is 43.4 Å². The number of carbonyl (C=O) groups excluding carboxylic acids is 2. The first-order valence-electron chi connectivity index (χ1n) is 16.0. The molecule has 0 unspecified atom stereocenters. The Hall–Kier alpha value is -3.79. The quantitative estimate of drug-likeness (QED) is 0.235. The van der Waals surface area contributed by atoms with Crippen molar-refractivity contribution in [1.29, 1.82) is 0 Å². The Morgan fingerprint density at radius 1 is 1.11 bits per heavy atom. The zero-order valence-corrected chi connectivity index (χ0v) is 27.4. The summed E-state index contributed by atoms with van der Waals surface area (Å²) in [5.41, 5.74) is 2.66. The third kappa shape index (κ3) is 5.30. The topological polar surface area (TPSA) is 103 Å². The number of aromatic nitrogens is 2. The van der Waals surface area contributed by atoms with Gasteiger partial charge >= 0.3 is 5.97 Å². The molecule has 0 radical (unpaired) electrons. The van der Waals surface area contributed by atoms with Crippen molar-refractivity contribution in [2.24, 2.45) is 22.7 Å². The van der Waals surface area contributed by atoms with E-state index in [2.05, 4.69) is 31.4 Å². The number of amides is 1. The van der Waals surface area contributed by atoms with Crippen LogP contribution < -0.4 is 9.47 Å². The van der Waals surface area contributed by atoms with E-state index in [1.165, 1.54) is 0 Å². The third-order valence-electron chi connectivity index (χ3n) is 9.85. The molecule has 2 aliphatic carbocycles. The number of nitrogens with zero attached hydrogens (tertiary/aromatic N) is 4. The fourth-order valence-corrected chi connectivity index (χ4v) is 7.97. The second kappa shape index (κ2) is 11.5. The molecule has 1 amide bonds. The van der Waals surface area contributed by atoms with Crippen molar-refractivity contribution in [3.63, 3.8) is 0 Å². The van der Waals surface area contributed by atoms with Gasteiger partial charge in [-0.2, -0.15) is 0 Å². The lowest BCUT2D eigenvalue weighted by molar-refractivity contribution is -0.138. The number of fused-ring (bicyclic) bond motifs is 3. The number of esters is 1. The van der Waals surface area contributed by atoms with Crippen molar-refractivity contribution >= 4 is 40.0 Å². The van der Waals surface area contributed by atoms with E-state index in [0.717, 1.165) is 57.9 Å². The van der Waals surface area contributed by atoms with Crippen LogP contribution in [0.5, 0.6) is 11.5 Å². The average Bonchev–Trinajstić information content (AvgIpc) is 3.35. The molecule has 5 atom stereocenters. The SMILES string of the molecule is COc1ccc2c(O[C@H]3C[C@H]4C(=O)N(C)CCCC/C=C\[C@@H]5C[C@@]56N=C(OC6=O)[C@@H]4C3)cc(-c3nc(C(C)C)cs3)nc2c1C. The van der Waals surface area contributed by atoms with E-state index >= 15 is 0 Å². The van der Waals surface area contributed by atoms with E-state index in [9.17, 15) is 9.59 Å². The summed E-state index contributed by atoms with van der Waals surface area (Å²) in [5.74, 6) is 1.26. The van der Waals surface area contributed by atoms with E-state index in [4.69, 9.17) is 29.2 Å². The van der Waals surface area contributed by atoms with E-state index in [-0.39, 0.29) is 35.7 Å². The van der Waals surface area contributed by atoms with Crippen molar-refractivity contribution in [2.75, 3.05) is 20.7 Å². The molecule has 7 rings (SSSR count). The summed E-state index contributed by atoms with van der Waals surface area (Å²) in [7, 11) is 3.53. The van der Waals surface area contributed by atoms with Gasteiger partial charge in [0.05, 0.1) is 30.2 Å². The smallest absolute Gasteiger partial charge is 0.341 e. The number of aryl methyl sites for hydroxylation is 1. The number of aliphatic imine (C=N–C) groups is 1. The Kier molecular flexibility index (Phi) is 7.66. The molecule has 0 N–H and O–H groups in total. The zero-order chi connectivity index (χ0) is 31.5. The molecule has 4 heterocycles. The monoisotopic (exact) mass is 628 g/mol. The molecular weight excluding hydrogens is 588 g/mol. The summed E-state index contributed by atoms with van der Waals surface area (Å²) >= 11 is 1.57. The van der Waals surface area contributed by atoms with Crippen LogP contribution in [0.4, 0.5) is 0 Å². The Labute approximate surface area is 267 Å². The maximum absolute atomic E-state index is 13.9. The Morgan fingerprint density at radius 3 is 2.71 bits per heavy atom.